The van der Waals surface area contributed by atoms with Gasteiger partial charge in [-0.1, -0.05) is 28.1 Å². The highest BCUT2D eigenvalue weighted by Crippen LogP contribution is 2.16. The van der Waals surface area contributed by atoms with Gasteiger partial charge in [0.25, 0.3) is 5.91 Å². The van der Waals surface area contributed by atoms with Crippen LogP contribution in [-0.2, 0) is 13.0 Å². The average Bonchev–Trinajstić information content (AvgIpc) is 2.82. The van der Waals surface area contributed by atoms with Gasteiger partial charge in [-0.3, -0.25) is 4.79 Å². The Balaban J connectivity index is 2.00. The van der Waals surface area contributed by atoms with E-state index in [0.29, 0.717) is 5.69 Å². The van der Waals surface area contributed by atoms with Crippen molar-refractivity contribution in [3.63, 3.8) is 0 Å². The molecule has 0 fully saturated rings. The van der Waals surface area contributed by atoms with Crippen LogP contribution in [-0.4, -0.2) is 16.5 Å². The zero-order valence-corrected chi connectivity index (χ0v) is 15.2. The molecular weight excluding hydrogens is 396 g/mol. The lowest BCUT2D eigenvalue weighted by Crippen LogP contribution is -2.35. The minimum atomic E-state index is -0.0350. The number of nitrogens with zero attached hydrogens (tertiary/aromatic N) is 1. The van der Waals surface area contributed by atoms with E-state index in [1.54, 1.807) is 0 Å². The molecule has 0 aliphatic rings. The summed E-state index contributed by atoms with van der Waals surface area (Å²) < 4.78 is 3.93. The van der Waals surface area contributed by atoms with Gasteiger partial charge in [-0.2, -0.15) is 0 Å². The molecule has 0 aliphatic heterocycles. The smallest absolute Gasteiger partial charge is 0.268 e. The number of aryl methyl sites for hydroxylation is 1. The van der Waals surface area contributed by atoms with E-state index in [2.05, 4.69) is 49.3 Å². The lowest BCUT2D eigenvalue weighted by Gasteiger charge is -2.15. The van der Waals surface area contributed by atoms with Gasteiger partial charge < -0.3 is 9.88 Å². The first-order chi connectivity index (χ1) is 9.99. The number of rotatable bonds is 5. The van der Waals surface area contributed by atoms with Crippen LogP contribution in [0.1, 0.15) is 29.9 Å². The molecule has 1 atom stereocenters. The predicted molar refractivity (Wildman–Crippen MR) is 92.6 cm³/mol. The molecule has 1 aromatic heterocycles. The minimum absolute atomic E-state index is 0.0350. The highest BCUT2D eigenvalue weighted by atomic mass is 79.9. The number of nitrogens with one attached hydrogen (secondary N) is 1. The van der Waals surface area contributed by atoms with Crippen molar-refractivity contribution in [1.82, 2.24) is 9.88 Å². The van der Waals surface area contributed by atoms with Crippen molar-refractivity contribution < 1.29 is 4.79 Å². The molecule has 0 saturated heterocycles. The van der Waals surface area contributed by atoms with Crippen molar-refractivity contribution in [2.45, 2.75) is 32.9 Å². The lowest BCUT2D eigenvalue weighted by molar-refractivity contribution is 0.0931. The van der Waals surface area contributed by atoms with Gasteiger partial charge in [-0.15, -0.1) is 0 Å². The molecular formula is C16H18Br2N2O. The zero-order chi connectivity index (χ0) is 15.4. The molecule has 0 aliphatic carbocycles. The molecule has 1 N–H and O–H groups in total. The van der Waals surface area contributed by atoms with Crippen LogP contribution in [0.2, 0.25) is 0 Å². The summed E-state index contributed by atoms with van der Waals surface area (Å²) in [5.41, 5.74) is 1.89. The van der Waals surface area contributed by atoms with Gasteiger partial charge in [0.1, 0.15) is 5.69 Å². The maximum atomic E-state index is 12.3. The first-order valence-corrected chi connectivity index (χ1v) is 8.49. The Morgan fingerprint density at radius 2 is 1.90 bits per heavy atom. The van der Waals surface area contributed by atoms with Crippen molar-refractivity contribution in [3.05, 3.63) is 56.7 Å². The Hall–Kier alpha value is -1.07. The minimum Gasteiger partial charge on any atom is -0.348 e. The number of aromatic nitrogens is 1. The fourth-order valence-electron chi connectivity index (χ4n) is 2.25. The largest absolute Gasteiger partial charge is 0.348 e. The Bertz CT molecular complexity index is 620. The van der Waals surface area contributed by atoms with E-state index in [9.17, 15) is 4.79 Å². The first kappa shape index (κ1) is 16.3. The maximum absolute atomic E-state index is 12.3. The van der Waals surface area contributed by atoms with Gasteiger partial charge in [0.2, 0.25) is 0 Å². The Morgan fingerprint density at radius 1 is 1.24 bits per heavy atom. The van der Waals surface area contributed by atoms with E-state index >= 15 is 0 Å². The molecule has 21 heavy (non-hydrogen) atoms. The Labute approximate surface area is 142 Å². The summed E-state index contributed by atoms with van der Waals surface area (Å²) in [6.45, 7) is 4.82. The van der Waals surface area contributed by atoms with E-state index in [4.69, 9.17) is 0 Å². The lowest BCUT2D eigenvalue weighted by atomic mass is 10.1. The molecule has 1 aromatic carbocycles. The molecule has 3 nitrogen and oxygen atoms in total. The second-order valence-electron chi connectivity index (χ2n) is 5.03. The fraction of sp³-hybridized carbons (Fsp3) is 0.312. The standard InChI is InChI=1S/C16H18Br2N2O/c1-3-20-10-14(18)9-15(20)16(21)19-11(2)8-12-4-6-13(17)7-5-12/h4-7,9-11H,3,8H2,1-2H3,(H,19,21). The quantitative estimate of drug-likeness (QED) is 0.774. The molecule has 0 radical (unpaired) electrons. The number of carbonyl (C=O) groups excluding carboxylic acids is 1. The van der Waals surface area contributed by atoms with Crippen molar-refractivity contribution in [2.75, 3.05) is 0 Å². The highest BCUT2D eigenvalue weighted by Gasteiger charge is 2.14. The summed E-state index contributed by atoms with van der Waals surface area (Å²) in [4.78, 5) is 12.3. The number of benzene rings is 1. The molecule has 1 heterocycles. The summed E-state index contributed by atoms with van der Waals surface area (Å²) in [6.07, 6.45) is 2.74. The van der Waals surface area contributed by atoms with Crippen LogP contribution in [0.25, 0.3) is 0 Å². The molecule has 1 amide bonds. The van der Waals surface area contributed by atoms with Gasteiger partial charge in [0.15, 0.2) is 0 Å². The number of amides is 1. The third-order valence-corrected chi connectivity index (χ3v) is 4.23. The number of carbonyl (C=O) groups is 1. The molecule has 1 unspecified atom stereocenters. The maximum Gasteiger partial charge on any atom is 0.268 e. The summed E-state index contributed by atoms with van der Waals surface area (Å²) in [5.74, 6) is -0.0350. The van der Waals surface area contributed by atoms with E-state index in [1.165, 1.54) is 5.56 Å². The third kappa shape index (κ3) is 4.45. The second-order valence-corrected chi connectivity index (χ2v) is 6.87. The van der Waals surface area contributed by atoms with Crippen molar-refractivity contribution in [1.29, 1.82) is 0 Å². The first-order valence-electron chi connectivity index (χ1n) is 6.90. The molecule has 0 bridgehead atoms. The molecule has 2 aromatic rings. The molecule has 0 saturated carbocycles. The van der Waals surface area contributed by atoms with Crippen LogP contribution in [0, 0.1) is 0 Å². The number of halogens is 2. The molecule has 2 rings (SSSR count). The molecule has 112 valence electrons. The number of hydrogen-bond donors (Lipinski definition) is 1. The van der Waals surface area contributed by atoms with E-state index in [-0.39, 0.29) is 11.9 Å². The predicted octanol–water partition coefficient (Wildman–Crippen LogP) is 4.39. The van der Waals surface area contributed by atoms with Gasteiger partial charge in [0, 0.05) is 27.7 Å². The summed E-state index contributed by atoms with van der Waals surface area (Å²) in [6, 6.07) is 10.1. The van der Waals surface area contributed by atoms with E-state index in [1.807, 2.05) is 42.8 Å². The Kier molecular flexibility index (Phi) is 5.65. The van der Waals surface area contributed by atoms with Crippen molar-refractivity contribution >= 4 is 37.8 Å². The monoisotopic (exact) mass is 412 g/mol. The summed E-state index contributed by atoms with van der Waals surface area (Å²) in [5, 5.41) is 3.05. The third-order valence-electron chi connectivity index (χ3n) is 3.27. The highest BCUT2D eigenvalue weighted by molar-refractivity contribution is 9.10. The Morgan fingerprint density at radius 3 is 2.52 bits per heavy atom. The van der Waals surface area contributed by atoms with Gasteiger partial charge >= 0.3 is 0 Å². The normalized spacial score (nSPS) is 12.2. The van der Waals surface area contributed by atoms with E-state index < -0.39 is 0 Å². The van der Waals surface area contributed by atoms with Crippen LogP contribution in [0.3, 0.4) is 0 Å². The van der Waals surface area contributed by atoms with Gasteiger partial charge in [-0.05, 0) is 60.0 Å². The zero-order valence-electron chi connectivity index (χ0n) is 12.1. The fourth-order valence-corrected chi connectivity index (χ4v) is 2.98. The summed E-state index contributed by atoms with van der Waals surface area (Å²) in [7, 11) is 0. The SMILES string of the molecule is CCn1cc(Br)cc1C(=O)NC(C)Cc1ccc(Br)cc1. The summed E-state index contributed by atoms with van der Waals surface area (Å²) >= 11 is 6.84. The van der Waals surface area contributed by atoms with Crippen molar-refractivity contribution in [3.8, 4) is 0 Å². The van der Waals surface area contributed by atoms with Crippen LogP contribution < -0.4 is 5.32 Å². The second kappa shape index (κ2) is 7.27. The van der Waals surface area contributed by atoms with Gasteiger partial charge in [-0.25, -0.2) is 0 Å². The van der Waals surface area contributed by atoms with Crippen molar-refractivity contribution in [2.24, 2.45) is 0 Å². The van der Waals surface area contributed by atoms with Gasteiger partial charge in [0.05, 0.1) is 0 Å². The topological polar surface area (TPSA) is 34.0 Å². The van der Waals surface area contributed by atoms with Crippen LogP contribution in [0.15, 0.2) is 45.5 Å². The molecule has 0 spiro atoms. The molecule has 5 heteroatoms. The number of hydrogen-bond acceptors (Lipinski definition) is 1. The van der Waals surface area contributed by atoms with Crippen LogP contribution in [0.4, 0.5) is 0 Å². The van der Waals surface area contributed by atoms with Crippen LogP contribution >= 0.6 is 31.9 Å². The van der Waals surface area contributed by atoms with E-state index in [0.717, 1.165) is 21.9 Å². The van der Waals surface area contributed by atoms with Crippen LogP contribution in [0.5, 0.6) is 0 Å². The average molecular weight is 414 g/mol.